The van der Waals surface area contributed by atoms with Crippen LogP contribution in [-0.4, -0.2) is 11.1 Å². The molecular weight excluding hydrogens is 823 g/mol. The molecule has 0 spiro atoms. The highest BCUT2D eigenvalue weighted by Crippen LogP contribution is 2.31. The molecule has 0 aliphatic heterocycles. The molecule has 0 aliphatic rings. The zero-order valence-electron chi connectivity index (χ0n) is 37.1. The Kier molecular flexibility index (Phi) is 16.0. The summed E-state index contributed by atoms with van der Waals surface area (Å²) in [6, 6.07) is 67.4. The molecule has 0 aromatic heterocycles. The van der Waals surface area contributed by atoms with Gasteiger partial charge in [-0.3, -0.25) is 0 Å². The number of benzene rings is 8. The van der Waals surface area contributed by atoms with Gasteiger partial charge in [0, 0.05) is 30.8 Å². The summed E-state index contributed by atoms with van der Waals surface area (Å²) in [6.07, 6.45) is -0.689. The molecule has 0 heterocycles. The van der Waals surface area contributed by atoms with Crippen molar-refractivity contribution in [2.24, 2.45) is 0 Å². The van der Waals surface area contributed by atoms with Crippen molar-refractivity contribution < 1.29 is 33.5 Å². The van der Waals surface area contributed by atoms with Crippen molar-refractivity contribution in [1.29, 1.82) is 0 Å². The summed E-state index contributed by atoms with van der Waals surface area (Å²) < 4.78 is 38.3. The Morgan fingerprint density at radius 3 is 0.894 bits per heavy atom. The third-order valence-electron chi connectivity index (χ3n) is 10.9. The van der Waals surface area contributed by atoms with Gasteiger partial charge in [-0.2, -0.15) is 0 Å². The third kappa shape index (κ3) is 14.0. The third-order valence-corrected chi connectivity index (χ3v) is 10.9. The largest absolute Gasteiger partial charge is 0.489 e. The normalized spacial score (nSPS) is 11.8. The standard InChI is InChI=1S/C58H55NO7/c1-43(58(60)51-25-15-6-16-26-51)59-36-48-27-52(65-41-49-29-54(61-37-44-17-7-2-8-18-44)34-55(30-49)62-38-45-19-9-3-10-20-45)33-53(28-48)66-42-50-31-56(63-39-46-21-11-4-12-22-46)35-57(32-50)64-40-47-23-13-5-14-24-47/h2-35,43,58-60H,36-42H2,1H3/t43-,58-/m1/s1. The molecule has 0 radical (unpaired) electrons. The lowest BCUT2D eigenvalue weighted by atomic mass is 10.0. The summed E-state index contributed by atoms with van der Waals surface area (Å²) in [6.45, 7) is 4.58. The minimum atomic E-state index is -0.689. The maximum Gasteiger partial charge on any atom is 0.123 e. The topological polar surface area (TPSA) is 87.6 Å². The predicted octanol–water partition coefficient (Wildman–Crippen LogP) is 12.4. The molecule has 8 aromatic rings. The molecule has 0 aliphatic carbocycles. The van der Waals surface area contributed by atoms with E-state index in [0.29, 0.717) is 67.5 Å². The number of ether oxygens (including phenoxy) is 6. The summed E-state index contributed by atoms with van der Waals surface area (Å²) >= 11 is 0. The second-order valence-electron chi connectivity index (χ2n) is 16.1. The first kappa shape index (κ1) is 45.1. The van der Waals surface area contributed by atoms with E-state index in [1.165, 1.54) is 0 Å². The van der Waals surface area contributed by atoms with Gasteiger partial charge in [0.2, 0.25) is 0 Å². The van der Waals surface area contributed by atoms with Crippen molar-refractivity contribution >= 4 is 0 Å². The zero-order valence-corrected chi connectivity index (χ0v) is 37.1. The summed E-state index contributed by atoms with van der Waals surface area (Å²) in [5, 5.41) is 14.7. The van der Waals surface area contributed by atoms with Crippen LogP contribution in [0.1, 0.15) is 57.5 Å². The van der Waals surface area contributed by atoms with Gasteiger partial charge in [-0.25, -0.2) is 0 Å². The minimum Gasteiger partial charge on any atom is -0.489 e. The van der Waals surface area contributed by atoms with Crippen LogP contribution in [0.3, 0.4) is 0 Å². The molecule has 0 saturated heterocycles. The Balaban J connectivity index is 1.02. The van der Waals surface area contributed by atoms with Crippen LogP contribution in [0.4, 0.5) is 0 Å². The predicted molar refractivity (Wildman–Crippen MR) is 259 cm³/mol. The van der Waals surface area contributed by atoms with E-state index in [2.05, 4.69) is 5.32 Å². The van der Waals surface area contributed by atoms with Gasteiger partial charge in [0.05, 0.1) is 6.10 Å². The second-order valence-corrected chi connectivity index (χ2v) is 16.1. The van der Waals surface area contributed by atoms with Crippen molar-refractivity contribution in [2.45, 2.75) is 65.3 Å². The van der Waals surface area contributed by atoms with Crippen molar-refractivity contribution in [2.75, 3.05) is 0 Å². The fraction of sp³-hybridized carbons (Fsp3) is 0.172. The number of rotatable bonds is 23. The van der Waals surface area contributed by atoms with Crippen LogP contribution in [0, 0.1) is 0 Å². The molecule has 0 saturated carbocycles. The van der Waals surface area contributed by atoms with Crippen LogP contribution in [-0.2, 0) is 46.2 Å². The molecular formula is C58H55NO7. The molecule has 66 heavy (non-hydrogen) atoms. The average molecular weight is 878 g/mol. The van der Waals surface area contributed by atoms with Crippen LogP contribution in [0.15, 0.2) is 206 Å². The molecule has 2 atom stereocenters. The number of aliphatic hydroxyl groups excluding tert-OH is 1. The molecule has 0 amide bonds. The molecule has 2 N–H and O–H groups in total. The van der Waals surface area contributed by atoms with E-state index in [1.54, 1.807) is 0 Å². The van der Waals surface area contributed by atoms with Gasteiger partial charge in [-0.15, -0.1) is 0 Å². The maximum absolute atomic E-state index is 11.1. The fourth-order valence-electron chi connectivity index (χ4n) is 7.29. The van der Waals surface area contributed by atoms with Crippen LogP contribution >= 0.6 is 0 Å². The lowest BCUT2D eigenvalue weighted by Crippen LogP contribution is -2.31. The Labute approximate surface area is 388 Å². The molecule has 8 nitrogen and oxygen atoms in total. The quantitative estimate of drug-likeness (QED) is 0.0657. The van der Waals surface area contributed by atoms with Crippen molar-refractivity contribution in [3.8, 4) is 34.5 Å². The van der Waals surface area contributed by atoms with Gasteiger partial charge >= 0.3 is 0 Å². The van der Waals surface area contributed by atoms with Crippen LogP contribution in [0.25, 0.3) is 0 Å². The highest BCUT2D eigenvalue weighted by Gasteiger charge is 2.17. The van der Waals surface area contributed by atoms with E-state index in [4.69, 9.17) is 28.4 Å². The average Bonchev–Trinajstić information content (AvgIpc) is 3.38. The van der Waals surface area contributed by atoms with E-state index in [9.17, 15) is 5.11 Å². The first-order valence-corrected chi connectivity index (χ1v) is 22.3. The van der Waals surface area contributed by atoms with Gasteiger partial charge in [0.15, 0.2) is 0 Å². The number of nitrogens with one attached hydrogen (secondary N) is 1. The second kappa shape index (κ2) is 23.4. The van der Waals surface area contributed by atoms with Gasteiger partial charge in [0.25, 0.3) is 0 Å². The summed E-state index contributed by atoms with van der Waals surface area (Å²) in [5.41, 5.74) is 7.80. The lowest BCUT2D eigenvalue weighted by Gasteiger charge is -2.21. The minimum absolute atomic E-state index is 0.234. The van der Waals surface area contributed by atoms with Gasteiger partial charge in [-0.05, 0) is 87.8 Å². The van der Waals surface area contributed by atoms with Crippen molar-refractivity contribution in [3.05, 3.63) is 251 Å². The van der Waals surface area contributed by atoms with Gasteiger partial charge < -0.3 is 38.8 Å². The van der Waals surface area contributed by atoms with E-state index < -0.39 is 6.10 Å². The van der Waals surface area contributed by atoms with E-state index in [1.807, 2.05) is 213 Å². The lowest BCUT2D eigenvalue weighted by molar-refractivity contribution is 0.135. The molecule has 0 fully saturated rings. The van der Waals surface area contributed by atoms with Crippen LogP contribution < -0.4 is 33.7 Å². The fourth-order valence-corrected chi connectivity index (χ4v) is 7.29. The molecule has 8 rings (SSSR count). The van der Waals surface area contributed by atoms with Crippen LogP contribution in [0.5, 0.6) is 34.5 Å². The monoisotopic (exact) mass is 877 g/mol. The highest BCUT2D eigenvalue weighted by molar-refractivity contribution is 5.43. The highest BCUT2D eigenvalue weighted by atomic mass is 16.5. The molecule has 8 aromatic carbocycles. The number of hydrogen-bond donors (Lipinski definition) is 2. The van der Waals surface area contributed by atoms with E-state index >= 15 is 0 Å². The molecule has 8 heteroatoms. The summed E-state index contributed by atoms with van der Waals surface area (Å²) in [4.78, 5) is 0. The van der Waals surface area contributed by atoms with Crippen LogP contribution in [0.2, 0.25) is 0 Å². The number of hydrogen-bond acceptors (Lipinski definition) is 8. The van der Waals surface area contributed by atoms with Gasteiger partial charge in [-0.1, -0.05) is 152 Å². The smallest absolute Gasteiger partial charge is 0.123 e. The summed E-state index contributed by atoms with van der Waals surface area (Å²) in [5.74, 6) is 3.96. The summed E-state index contributed by atoms with van der Waals surface area (Å²) in [7, 11) is 0. The zero-order chi connectivity index (χ0) is 45.2. The van der Waals surface area contributed by atoms with E-state index in [0.717, 1.165) is 44.5 Å². The van der Waals surface area contributed by atoms with Gasteiger partial charge in [0.1, 0.15) is 74.1 Å². The maximum atomic E-state index is 11.1. The Bertz CT molecular complexity index is 2400. The molecule has 0 bridgehead atoms. The van der Waals surface area contributed by atoms with Crippen molar-refractivity contribution in [1.82, 2.24) is 5.32 Å². The Morgan fingerprint density at radius 1 is 0.333 bits per heavy atom. The SMILES string of the molecule is C[C@@H](NCc1cc(OCc2cc(OCc3ccccc3)cc(OCc3ccccc3)c2)cc(OCc2cc(OCc3ccccc3)cc(OCc3ccccc3)c2)c1)[C@@H](O)c1ccccc1. The molecule has 334 valence electrons. The first-order valence-electron chi connectivity index (χ1n) is 22.3. The molecule has 0 unspecified atom stereocenters. The first-order chi connectivity index (χ1) is 32.5. The Hall–Kier alpha value is -7.52. The van der Waals surface area contributed by atoms with Crippen molar-refractivity contribution in [3.63, 3.8) is 0 Å². The number of aliphatic hydroxyl groups is 1. The Morgan fingerprint density at radius 2 is 0.591 bits per heavy atom. The van der Waals surface area contributed by atoms with E-state index in [-0.39, 0.29) is 19.3 Å².